The number of aromatic amines is 1. The molecule has 0 fully saturated rings. The molecule has 2 aromatic rings. The molecule has 1 unspecified atom stereocenters. The highest BCUT2D eigenvalue weighted by atomic mass is 35.5. The maximum Gasteiger partial charge on any atom is 0.325 e. The molecule has 0 radical (unpaired) electrons. The van der Waals surface area contributed by atoms with Crippen molar-refractivity contribution in [2.45, 2.75) is 6.04 Å². The summed E-state index contributed by atoms with van der Waals surface area (Å²) in [6, 6.07) is 3.96. The molecule has 0 saturated carbocycles. The lowest BCUT2D eigenvalue weighted by Gasteiger charge is -2.07. The van der Waals surface area contributed by atoms with E-state index in [0.29, 0.717) is 21.6 Å². The standard InChI is InChI=1S/C9H8ClN3O2/c10-8-6-4(7(11)9(14)15)2-1-3-5(6)12-13-8/h1-3,7H,11H2,(H,12,13)(H,14,15). The Bertz CT molecular complexity index is 523. The van der Waals surface area contributed by atoms with E-state index in [1.54, 1.807) is 18.2 Å². The van der Waals surface area contributed by atoms with Gasteiger partial charge in [0.05, 0.1) is 5.52 Å². The zero-order chi connectivity index (χ0) is 11.0. The molecule has 4 N–H and O–H groups in total. The number of benzene rings is 1. The van der Waals surface area contributed by atoms with Crippen LogP contribution < -0.4 is 5.73 Å². The van der Waals surface area contributed by atoms with Crippen LogP contribution in [-0.2, 0) is 4.79 Å². The summed E-state index contributed by atoms with van der Waals surface area (Å²) < 4.78 is 0. The van der Waals surface area contributed by atoms with Crippen molar-refractivity contribution >= 4 is 28.5 Å². The van der Waals surface area contributed by atoms with Crippen molar-refractivity contribution in [3.05, 3.63) is 28.9 Å². The number of aromatic nitrogens is 2. The van der Waals surface area contributed by atoms with Gasteiger partial charge in [-0.05, 0) is 11.6 Å². The minimum Gasteiger partial charge on any atom is -0.480 e. The largest absolute Gasteiger partial charge is 0.480 e. The number of fused-ring (bicyclic) bond motifs is 1. The Labute approximate surface area is 89.8 Å². The highest BCUT2D eigenvalue weighted by Gasteiger charge is 2.19. The number of aliphatic carboxylic acids is 1. The number of H-pyrrole nitrogens is 1. The minimum atomic E-state index is -1.10. The molecule has 0 spiro atoms. The number of carboxylic acid groups (broad SMARTS) is 1. The van der Waals surface area contributed by atoms with E-state index in [1.165, 1.54) is 0 Å². The molecule has 0 aliphatic rings. The number of carboxylic acids is 1. The zero-order valence-corrected chi connectivity index (χ0v) is 8.32. The molecular weight excluding hydrogens is 218 g/mol. The second-order valence-electron chi connectivity index (χ2n) is 3.09. The molecule has 1 aromatic heterocycles. The highest BCUT2D eigenvalue weighted by Crippen LogP contribution is 2.27. The summed E-state index contributed by atoms with van der Waals surface area (Å²) >= 11 is 5.86. The Morgan fingerprint density at radius 1 is 1.60 bits per heavy atom. The van der Waals surface area contributed by atoms with E-state index in [-0.39, 0.29) is 0 Å². The van der Waals surface area contributed by atoms with Crippen molar-refractivity contribution in [1.82, 2.24) is 10.2 Å². The van der Waals surface area contributed by atoms with Crippen LogP contribution in [0.4, 0.5) is 0 Å². The van der Waals surface area contributed by atoms with E-state index in [2.05, 4.69) is 10.2 Å². The maximum absolute atomic E-state index is 10.8. The molecule has 1 heterocycles. The number of hydrogen-bond donors (Lipinski definition) is 3. The van der Waals surface area contributed by atoms with Gasteiger partial charge in [0, 0.05) is 5.39 Å². The Morgan fingerprint density at radius 2 is 2.33 bits per heavy atom. The number of halogens is 1. The van der Waals surface area contributed by atoms with Crippen molar-refractivity contribution in [3.63, 3.8) is 0 Å². The van der Waals surface area contributed by atoms with Crippen LogP contribution in [0.5, 0.6) is 0 Å². The van der Waals surface area contributed by atoms with E-state index >= 15 is 0 Å². The third-order valence-electron chi connectivity index (χ3n) is 2.17. The van der Waals surface area contributed by atoms with Gasteiger partial charge in [-0.25, -0.2) is 0 Å². The van der Waals surface area contributed by atoms with Crippen molar-refractivity contribution < 1.29 is 9.90 Å². The number of nitrogens with two attached hydrogens (primary N) is 1. The molecule has 0 bridgehead atoms. The molecule has 0 aliphatic carbocycles. The molecule has 5 nitrogen and oxygen atoms in total. The topological polar surface area (TPSA) is 92.0 Å². The summed E-state index contributed by atoms with van der Waals surface area (Å²) in [6.45, 7) is 0. The number of hydrogen-bond acceptors (Lipinski definition) is 3. The van der Waals surface area contributed by atoms with Gasteiger partial charge in [-0.1, -0.05) is 23.7 Å². The molecule has 2 rings (SSSR count). The Morgan fingerprint density at radius 3 is 3.00 bits per heavy atom. The van der Waals surface area contributed by atoms with Crippen LogP contribution in [0.3, 0.4) is 0 Å². The Hall–Kier alpha value is -1.59. The van der Waals surface area contributed by atoms with Gasteiger partial charge < -0.3 is 10.8 Å². The minimum absolute atomic E-state index is 0.303. The van der Waals surface area contributed by atoms with Gasteiger partial charge in [0.1, 0.15) is 11.2 Å². The molecule has 0 saturated heterocycles. The van der Waals surface area contributed by atoms with Crippen molar-refractivity contribution in [1.29, 1.82) is 0 Å². The fraction of sp³-hybridized carbons (Fsp3) is 0.111. The first-order valence-corrected chi connectivity index (χ1v) is 4.60. The molecule has 15 heavy (non-hydrogen) atoms. The van der Waals surface area contributed by atoms with Crippen molar-refractivity contribution in [2.75, 3.05) is 0 Å². The molecule has 1 aromatic carbocycles. The van der Waals surface area contributed by atoms with Crippen LogP contribution in [-0.4, -0.2) is 21.3 Å². The quantitative estimate of drug-likeness (QED) is 0.718. The van der Waals surface area contributed by atoms with Crippen LogP contribution in [0.1, 0.15) is 11.6 Å². The smallest absolute Gasteiger partial charge is 0.325 e. The lowest BCUT2D eigenvalue weighted by Crippen LogP contribution is -2.20. The summed E-state index contributed by atoms with van der Waals surface area (Å²) in [7, 11) is 0. The fourth-order valence-corrected chi connectivity index (χ4v) is 1.70. The zero-order valence-electron chi connectivity index (χ0n) is 7.57. The SMILES string of the molecule is NC(C(=O)O)c1cccc2n[nH]c(Cl)c12. The van der Waals surface area contributed by atoms with Gasteiger partial charge in [0.15, 0.2) is 0 Å². The number of nitrogens with one attached hydrogen (secondary N) is 1. The summed E-state index contributed by atoms with van der Waals surface area (Å²) in [5.41, 5.74) is 6.60. The molecule has 0 amide bonds. The van der Waals surface area contributed by atoms with Gasteiger partial charge in [-0.2, -0.15) is 5.10 Å². The molecule has 6 heteroatoms. The summed E-state index contributed by atoms with van der Waals surface area (Å²) in [4.78, 5) is 10.8. The number of carbonyl (C=O) groups is 1. The number of rotatable bonds is 2. The van der Waals surface area contributed by atoms with Crippen molar-refractivity contribution in [2.24, 2.45) is 5.73 Å². The highest BCUT2D eigenvalue weighted by molar-refractivity contribution is 6.34. The summed E-state index contributed by atoms with van der Waals surface area (Å²) in [6.07, 6.45) is 0. The average molecular weight is 226 g/mol. The normalized spacial score (nSPS) is 12.9. The summed E-state index contributed by atoms with van der Waals surface area (Å²) in [5, 5.41) is 16.2. The van der Waals surface area contributed by atoms with E-state index < -0.39 is 12.0 Å². The van der Waals surface area contributed by atoms with E-state index in [1.807, 2.05) is 0 Å². The molecule has 0 aliphatic heterocycles. The van der Waals surface area contributed by atoms with Crippen LogP contribution in [0.2, 0.25) is 5.15 Å². The molecular formula is C9H8ClN3O2. The maximum atomic E-state index is 10.8. The van der Waals surface area contributed by atoms with E-state index in [0.717, 1.165) is 0 Å². The monoisotopic (exact) mass is 225 g/mol. The fourth-order valence-electron chi connectivity index (χ4n) is 1.45. The van der Waals surface area contributed by atoms with Gasteiger partial charge in [-0.3, -0.25) is 9.89 Å². The first-order valence-electron chi connectivity index (χ1n) is 4.22. The average Bonchev–Trinajstić information content (AvgIpc) is 2.59. The second-order valence-corrected chi connectivity index (χ2v) is 3.47. The predicted molar refractivity (Wildman–Crippen MR) is 55.7 cm³/mol. The van der Waals surface area contributed by atoms with Gasteiger partial charge in [0.25, 0.3) is 0 Å². The third kappa shape index (κ3) is 1.55. The first kappa shape index (κ1) is 9.95. The first-order chi connectivity index (χ1) is 7.11. The Kier molecular flexibility index (Phi) is 2.34. The third-order valence-corrected chi connectivity index (χ3v) is 2.44. The summed E-state index contributed by atoms with van der Waals surface area (Å²) in [5.74, 6) is -1.10. The predicted octanol–water partition coefficient (Wildman–Crippen LogP) is 1.30. The van der Waals surface area contributed by atoms with Crippen LogP contribution in [0, 0.1) is 0 Å². The van der Waals surface area contributed by atoms with Crippen molar-refractivity contribution in [3.8, 4) is 0 Å². The van der Waals surface area contributed by atoms with E-state index in [4.69, 9.17) is 22.4 Å². The molecule has 1 atom stereocenters. The lowest BCUT2D eigenvalue weighted by molar-refractivity contribution is -0.138. The number of nitrogens with zero attached hydrogens (tertiary/aromatic N) is 1. The van der Waals surface area contributed by atoms with Crippen LogP contribution in [0.25, 0.3) is 10.9 Å². The van der Waals surface area contributed by atoms with Gasteiger partial charge in [-0.15, -0.1) is 0 Å². The van der Waals surface area contributed by atoms with E-state index in [9.17, 15) is 4.79 Å². The Balaban J connectivity index is 2.69. The van der Waals surface area contributed by atoms with Crippen LogP contribution in [0.15, 0.2) is 18.2 Å². The van der Waals surface area contributed by atoms with Gasteiger partial charge >= 0.3 is 5.97 Å². The lowest BCUT2D eigenvalue weighted by atomic mass is 10.0. The molecule has 78 valence electrons. The van der Waals surface area contributed by atoms with Crippen LogP contribution >= 0.6 is 11.6 Å². The second kappa shape index (κ2) is 3.52. The van der Waals surface area contributed by atoms with Gasteiger partial charge in [0.2, 0.25) is 0 Å².